The predicted octanol–water partition coefficient (Wildman–Crippen LogP) is 8.12. The third-order valence-corrected chi connectivity index (χ3v) is 15.6. The maximum Gasteiger partial charge on any atom is 0.319 e. The first kappa shape index (κ1) is 60.0. The zero-order valence-corrected chi connectivity index (χ0v) is 48.0. The number of anilines is 1. The number of nitrogens with zero attached hydrogens (tertiary/aromatic N) is 6. The van der Waals surface area contributed by atoms with Gasteiger partial charge in [0.1, 0.15) is 42.4 Å². The van der Waals surface area contributed by atoms with Crippen LogP contribution in [-0.4, -0.2) is 170 Å². The molecule has 0 aliphatic carbocycles. The molecule has 3 amide bonds. The van der Waals surface area contributed by atoms with E-state index in [0.29, 0.717) is 62.9 Å². The molecule has 8 rings (SSSR count). The van der Waals surface area contributed by atoms with Crippen LogP contribution in [0.15, 0.2) is 72.2 Å². The molecule has 2 aliphatic heterocycles. The highest BCUT2D eigenvalue weighted by atomic mass is 35.5. The Morgan fingerprint density at radius 1 is 0.875 bits per heavy atom. The van der Waals surface area contributed by atoms with Crippen molar-refractivity contribution in [2.75, 3.05) is 104 Å². The fraction of sp³-hybridized carbons (Fsp3) is 0.492. The van der Waals surface area contributed by atoms with Crippen LogP contribution >= 0.6 is 22.9 Å². The molecule has 4 N–H and O–H groups in total. The summed E-state index contributed by atoms with van der Waals surface area (Å²) in [5.74, 6) is -1.37. The lowest BCUT2D eigenvalue weighted by Crippen LogP contribution is -2.58. The Hall–Kier alpha value is -6.10. The van der Waals surface area contributed by atoms with Crippen LogP contribution in [0.1, 0.15) is 70.7 Å². The second kappa shape index (κ2) is 28.1. The van der Waals surface area contributed by atoms with E-state index >= 15 is 4.39 Å². The highest BCUT2D eigenvalue weighted by molar-refractivity contribution is 7.13. The largest absolute Gasteiger partial charge is 0.508 e. The van der Waals surface area contributed by atoms with Gasteiger partial charge in [-0.2, -0.15) is 9.97 Å². The van der Waals surface area contributed by atoms with Gasteiger partial charge in [0.2, 0.25) is 17.7 Å². The molecule has 0 spiro atoms. The zero-order valence-electron chi connectivity index (χ0n) is 46.5. The van der Waals surface area contributed by atoms with Crippen LogP contribution in [-0.2, 0) is 33.3 Å². The Bertz CT molecular complexity index is 3070. The average molecular weight is 1140 g/mol. The number of phenols is 1. The molecular weight excluding hydrogens is 1070 g/mol. The third-order valence-electron chi connectivity index (χ3n) is 14.3. The van der Waals surface area contributed by atoms with Crippen molar-refractivity contribution in [2.45, 2.75) is 84.5 Å². The van der Waals surface area contributed by atoms with E-state index in [1.807, 2.05) is 101 Å². The Balaban J connectivity index is 0.700. The average Bonchev–Trinajstić information content (AvgIpc) is 4.16. The van der Waals surface area contributed by atoms with Crippen molar-refractivity contribution in [3.8, 4) is 33.3 Å². The van der Waals surface area contributed by atoms with Crippen molar-refractivity contribution in [3.63, 3.8) is 0 Å². The molecular formula is C59H74ClFN8O10S. The maximum atomic E-state index is 16.8. The van der Waals surface area contributed by atoms with E-state index in [9.17, 15) is 24.6 Å². The van der Waals surface area contributed by atoms with Gasteiger partial charge in [-0.05, 0) is 91.2 Å². The lowest BCUT2D eigenvalue weighted by molar-refractivity contribution is -0.144. The first-order chi connectivity index (χ1) is 38.5. The minimum absolute atomic E-state index is 0.000266. The highest BCUT2D eigenvalue weighted by Gasteiger charge is 2.45. The van der Waals surface area contributed by atoms with E-state index in [0.717, 1.165) is 64.8 Å². The number of carbonyl (C=O) groups excluding carboxylic acids is 3. The van der Waals surface area contributed by atoms with Crippen molar-refractivity contribution >= 4 is 68.2 Å². The number of phenolic OH excluding ortho intramolecular Hbond substituents is 1. The topological polar surface area (TPSA) is 210 Å². The molecule has 4 atom stereocenters. The van der Waals surface area contributed by atoms with Gasteiger partial charge < -0.3 is 59.2 Å². The molecule has 80 heavy (non-hydrogen) atoms. The number of aromatic nitrogens is 3. The number of nitrogens with one attached hydrogen (secondary N) is 2. The van der Waals surface area contributed by atoms with Crippen LogP contribution in [0.5, 0.6) is 11.8 Å². The molecule has 2 fully saturated rings. The van der Waals surface area contributed by atoms with Crippen LogP contribution in [0.25, 0.3) is 43.2 Å². The molecule has 2 saturated heterocycles. The summed E-state index contributed by atoms with van der Waals surface area (Å²) in [5, 5.41) is 29.2. The summed E-state index contributed by atoms with van der Waals surface area (Å²) in [4.78, 5) is 61.1. The van der Waals surface area contributed by atoms with E-state index in [2.05, 4.69) is 25.5 Å². The molecule has 0 bridgehead atoms. The maximum absolute atomic E-state index is 16.8. The first-order valence-corrected chi connectivity index (χ1v) is 28.6. The molecule has 0 saturated carbocycles. The van der Waals surface area contributed by atoms with Crippen molar-refractivity contribution < 1.29 is 52.7 Å². The number of thiazole rings is 1. The van der Waals surface area contributed by atoms with Gasteiger partial charge in [0.25, 0.3) is 0 Å². The Morgan fingerprint density at radius 2 is 1.55 bits per heavy atom. The summed E-state index contributed by atoms with van der Waals surface area (Å²) >= 11 is 8.43. The molecule has 0 unspecified atom stereocenters. The van der Waals surface area contributed by atoms with E-state index in [1.165, 1.54) is 11.0 Å². The summed E-state index contributed by atoms with van der Waals surface area (Å²) in [6.07, 6.45) is 2.27. The standard InChI is InChI=1S/C59H74ClFN8O10S/c1-37(39-14-16-40(17-15-39)53-38(2)62-36-80-53)63-56(73)48-32-43(71)34-69(48)57(74)54(59(3,4)5)64-49(72)35-78-29-28-77-27-26-76-25-24-75-22-20-67(6)21-23-79-58-65-52-46(55(66-58)68-18-10-7-11-19-68)33-47(60)50(51(52)61)45-31-42(70)30-41-12-8-9-13-44(41)45/h8-9,12-17,30-31,33,36-37,43,48,54,70-71H,7,10-11,18-29,32,34-35H2,1-6H3,(H,63,73)(H,64,72)/t37-,43+,48-,54+/m0/s1. The van der Waals surface area contributed by atoms with E-state index < -0.39 is 41.2 Å². The van der Waals surface area contributed by atoms with Crippen LogP contribution in [0.4, 0.5) is 10.2 Å². The van der Waals surface area contributed by atoms with Crippen molar-refractivity contribution in [2.24, 2.45) is 5.41 Å². The van der Waals surface area contributed by atoms with Crippen molar-refractivity contribution in [3.05, 3.63) is 94.3 Å². The molecule has 21 heteroatoms. The molecule has 4 heterocycles. The van der Waals surface area contributed by atoms with Gasteiger partial charge in [0.05, 0.1) is 79.5 Å². The van der Waals surface area contributed by atoms with Gasteiger partial charge >= 0.3 is 6.01 Å². The zero-order chi connectivity index (χ0) is 56.9. The third kappa shape index (κ3) is 15.5. The van der Waals surface area contributed by atoms with Crippen molar-refractivity contribution in [1.82, 2.24) is 35.4 Å². The Kier molecular flexibility index (Phi) is 21.0. The molecule has 2 aliphatic rings. The summed E-state index contributed by atoms with van der Waals surface area (Å²) < 4.78 is 45.5. The summed E-state index contributed by atoms with van der Waals surface area (Å²) in [6.45, 7) is 14.1. The quantitative estimate of drug-likeness (QED) is 0.0378. The number of benzene rings is 4. The number of ether oxygens (including phenoxy) is 5. The molecule has 18 nitrogen and oxygen atoms in total. The van der Waals surface area contributed by atoms with Crippen LogP contribution < -0.4 is 20.3 Å². The minimum atomic E-state index is -0.986. The van der Waals surface area contributed by atoms with E-state index in [1.54, 1.807) is 23.5 Å². The smallest absolute Gasteiger partial charge is 0.319 e. The number of rotatable bonds is 26. The van der Waals surface area contributed by atoms with Gasteiger partial charge in [-0.15, -0.1) is 11.3 Å². The number of aliphatic hydroxyl groups is 1. The number of aliphatic hydroxyl groups excluding tert-OH is 1. The summed E-state index contributed by atoms with van der Waals surface area (Å²) in [5.41, 5.74) is 4.69. The molecule has 6 aromatic rings. The number of hydrogen-bond donors (Lipinski definition) is 4. The highest BCUT2D eigenvalue weighted by Crippen LogP contribution is 2.43. The van der Waals surface area contributed by atoms with Gasteiger partial charge in [-0.1, -0.05) is 80.9 Å². The number of aromatic hydroxyl groups is 1. The van der Waals surface area contributed by atoms with Crippen LogP contribution in [0.3, 0.4) is 0 Å². The number of aryl methyl sites for hydroxylation is 1. The number of likely N-dealkylation sites (tertiary alicyclic amines) is 1. The number of piperidine rings is 1. The molecule has 430 valence electrons. The molecule has 4 aromatic carbocycles. The first-order valence-electron chi connectivity index (χ1n) is 27.3. The monoisotopic (exact) mass is 1140 g/mol. The number of fused-ring (bicyclic) bond motifs is 2. The summed E-state index contributed by atoms with van der Waals surface area (Å²) in [7, 11) is 1.95. The van der Waals surface area contributed by atoms with Gasteiger partial charge in [0, 0.05) is 50.1 Å². The fourth-order valence-corrected chi connectivity index (χ4v) is 11.1. The van der Waals surface area contributed by atoms with Crippen molar-refractivity contribution in [1.29, 1.82) is 0 Å². The Labute approximate surface area is 475 Å². The molecule has 2 aromatic heterocycles. The number of amides is 3. The number of carbonyl (C=O) groups is 3. The van der Waals surface area contributed by atoms with Gasteiger partial charge in [-0.25, -0.2) is 9.37 Å². The number of likely N-dealkylation sites (N-methyl/N-ethyl adjacent to an activating group) is 1. The number of halogens is 2. The predicted molar refractivity (Wildman–Crippen MR) is 308 cm³/mol. The second-order valence-electron chi connectivity index (χ2n) is 21.5. The lowest BCUT2D eigenvalue weighted by atomic mass is 9.85. The number of hydrogen-bond acceptors (Lipinski definition) is 16. The minimum Gasteiger partial charge on any atom is -0.508 e. The van der Waals surface area contributed by atoms with E-state index in [-0.39, 0.29) is 79.2 Å². The normalized spacial score (nSPS) is 16.6. The van der Waals surface area contributed by atoms with E-state index in [4.69, 9.17) is 40.3 Å². The fourth-order valence-electron chi connectivity index (χ4n) is 9.99. The number of β-amino-alcohol motifs (C(OH)–C–C–N with tert-alkyl or cyclic N) is 1. The Morgan fingerprint density at radius 3 is 2.24 bits per heavy atom. The molecule has 0 radical (unpaired) electrons. The van der Waals surface area contributed by atoms with Crippen LogP contribution in [0.2, 0.25) is 5.02 Å². The van der Waals surface area contributed by atoms with Crippen LogP contribution in [0, 0.1) is 18.2 Å². The SMILES string of the molecule is Cc1ncsc1-c1ccc([C@H](C)NC(=O)[C@@H]2C[C@@H](O)CN2C(=O)[C@@H](NC(=O)COCCOCCOCCOCCN(C)CCOc2nc(N3CCCCC3)c3cc(Cl)c(-c4cc(O)cc5ccccc45)c(F)c3n2)C(C)(C)C)cc1. The lowest BCUT2D eigenvalue weighted by Gasteiger charge is -2.35. The van der Waals surface area contributed by atoms with Gasteiger partial charge in [0.15, 0.2) is 5.82 Å². The van der Waals surface area contributed by atoms with Gasteiger partial charge in [-0.3, -0.25) is 14.4 Å². The summed E-state index contributed by atoms with van der Waals surface area (Å²) in [6, 6.07) is 18.0. The second-order valence-corrected chi connectivity index (χ2v) is 22.7.